The number of aryl methyl sites for hydroxylation is 3. The van der Waals surface area contributed by atoms with Crippen LogP contribution in [0.3, 0.4) is 0 Å². The Bertz CT molecular complexity index is 1300. The number of carbonyl (C=O) groups is 1. The van der Waals surface area contributed by atoms with Crippen molar-refractivity contribution in [3.05, 3.63) is 70.2 Å². The molecule has 1 atom stereocenters. The lowest BCUT2D eigenvalue weighted by atomic mass is 10.1. The van der Waals surface area contributed by atoms with Gasteiger partial charge < -0.3 is 14.8 Å². The number of nitrogens with one attached hydrogen (secondary N) is 1. The molecule has 9 nitrogen and oxygen atoms in total. The van der Waals surface area contributed by atoms with Crippen LogP contribution in [0, 0.1) is 0 Å². The normalized spacial score (nSPS) is 14.1. The van der Waals surface area contributed by atoms with E-state index < -0.39 is 24.2 Å². The number of imidazole rings is 1. The SMILES string of the molecule is CC(C)(C)OC(=O)C[C@@H](c1ccc(OC(F)F)nc1)n1ccn(CCCc2ccc3c(n2)NCCC3)c1=O. The van der Waals surface area contributed by atoms with Crippen molar-refractivity contribution in [3.63, 3.8) is 0 Å². The molecule has 0 aromatic carbocycles. The summed E-state index contributed by atoms with van der Waals surface area (Å²) < 4.78 is 37.9. The third-order valence-corrected chi connectivity index (χ3v) is 6.13. The van der Waals surface area contributed by atoms with Gasteiger partial charge in [0.25, 0.3) is 0 Å². The van der Waals surface area contributed by atoms with E-state index in [4.69, 9.17) is 9.72 Å². The molecule has 4 heterocycles. The first-order valence-electron chi connectivity index (χ1n) is 12.7. The minimum atomic E-state index is -3.00. The fourth-order valence-electron chi connectivity index (χ4n) is 4.44. The molecular formula is C27H33F2N5O4. The number of hydrogen-bond acceptors (Lipinski definition) is 7. The fraction of sp³-hybridized carbons (Fsp3) is 0.481. The molecule has 1 aliphatic rings. The third-order valence-electron chi connectivity index (χ3n) is 6.13. The summed E-state index contributed by atoms with van der Waals surface area (Å²) in [6.07, 6.45) is 8.02. The average Bonchev–Trinajstić information content (AvgIpc) is 3.21. The maximum absolute atomic E-state index is 13.3. The minimum absolute atomic E-state index is 0.135. The van der Waals surface area contributed by atoms with Crippen molar-refractivity contribution in [2.75, 3.05) is 11.9 Å². The Morgan fingerprint density at radius 3 is 2.71 bits per heavy atom. The first-order chi connectivity index (χ1) is 18.1. The van der Waals surface area contributed by atoms with Crippen LogP contribution in [0.15, 0.2) is 47.7 Å². The van der Waals surface area contributed by atoms with E-state index in [1.807, 2.05) is 6.07 Å². The van der Waals surface area contributed by atoms with Gasteiger partial charge in [0.15, 0.2) is 0 Å². The number of carbonyl (C=O) groups excluding carboxylic acids is 1. The smallest absolute Gasteiger partial charge is 0.388 e. The lowest BCUT2D eigenvalue weighted by molar-refractivity contribution is -0.155. The van der Waals surface area contributed by atoms with Gasteiger partial charge in [-0.15, -0.1) is 0 Å². The van der Waals surface area contributed by atoms with E-state index in [2.05, 4.69) is 21.1 Å². The predicted octanol–water partition coefficient (Wildman–Crippen LogP) is 4.35. The molecule has 204 valence electrons. The second-order valence-electron chi connectivity index (χ2n) is 10.2. The zero-order chi connectivity index (χ0) is 27.3. The van der Waals surface area contributed by atoms with Gasteiger partial charge in [-0.3, -0.25) is 13.9 Å². The third kappa shape index (κ3) is 7.17. The van der Waals surface area contributed by atoms with Crippen LogP contribution in [-0.4, -0.2) is 43.8 Å². The maximum atomic E-state index is 13.3. The zero-order valence-corrected chi connectivity index (χ0v) is 21.8. The summed E-state index contributed by atoms with van der Waals surface area (Å²) >= 11 is 0. The van der Waals surface area contributed by atoms with Crippen molar-refractivity contribution in [1.29, 1.82) is 0 Å². The summed E-state index contributed by atoms with van der Waals surface area (Å²) in [6.45, 7) is 3.66. The number of hydrogen-bond donors (Lipinski definition) is 1. The average molecular weight is 530 g/mol. The summed E-state index contributed by atoms with van der Waals surface area (Å²) in [4.78, 5) is 34.6. The van der Waals surface area contributed by atoms with Gasteiger partial charge in [-0.25, -0.2) is 14.8 Å². The molecule has 0 aliphatic carbocycles. The van der Waals surface area contributed by atoms with Crippen LogP contribution in [0.4, 0.5) is 14.6 Å². The van der Waals surface area contributed by atoms with Gasteiger partial charge >= 0.3 is 18.3 Å². The maximum Gasteiger partial charge on any atom is 0.388 e. The van der Waals surface area contributed by atoms with Crippen molar-refractivity contribution >= 4 is 11.8 Å². The molecule has 1 aliphatic heterocycles. The number of anilines is 1. The van der Waals surface area contributed by atoms with Crippen molar-refractivity contribution in [3.8, 4) is 5.88 Å². The van der Waals surface area contributed by atoms with Gasteiger partial charge in [0, 0.05) is 43.4 Å². The van der Waals surface area contributed by atoms with Gasteiger partial charge in [-0.2, -0.15) is 8.78 Å². The van der Waals surface area contributed by atoms with E-state index in [0.717, 1.165) is 30.9 Å². The number of ether oxygens (including phenoxy) is 2. The van der Waals surface area contributed by atoms with Gasteiger partial charge in [0.1, 0.15) is 11.4 Å². The highest BCUT2D eigenvalue weighted by Gasteiger charge is 2.25. The molecule has 0 spiro atoms. The van der Waals surface area contributed by atoms with Crippen molar-refractivity contribution in [2.45, 2.75) is 77.7 Å². The van der Waals surface area contributed by atoms with Crippen molar-refractivity contribution in [1.82, 2.24) is 19.1 Å². The topological polar surface area (TPSA) is 100 Å². The largest absolute Gasteiger partial charge is 0.460 e. The number of nitrogens with zero attached hydrogens (tertiary/aromatic N) is 4. The highest BCUT2D eigenvalue weighted by atomic mass is 19.3. The molecule has 4 rings (SSSR count). The number of aromatic nitrogens is 4. The molecule has 11 heteroatoms. The highest BCUT2D eigenvalue weighted by molar-refractivity contribution is 5.71. The summed E-state index contributed by atoms with van der Waals surface area (Å²) in [6, 6.07) is 6.20. The summed E-state index contributed by atoms with van der Waals surface area (Å²) in [5.74, 6) is 0.193. The van der Waals surface area contributed by atoms with Crippen LogP contribution in [-0.2, 0) is 28.9 Å². The highest BCUT2D eigenvalue weighted by Crippen LogP contribution is 2.25. The first-order valence-corrected chi connectivity index (χ1v) is 12.7. The molecular weight excluding hydrogens is 496 g/mol. The molecule has 3 aromatic heterocycles. The Morgan fingerprint density at radius 1 is 1.18 bits per heavy atom. The number of alkyl halides is 2. The van der Waals surface area contributed by atoms with Gasteiger partial charge in [0.2, 0.25) is 5.88 Å². The fourth-order valence-corrected chi connectivity index (χ4v) is 4.44. The second kappa shape index (κ2) is 11.7. The molecule has 0 radical (unpaired) electrons. The Hall–Kier alpha value is -3.76. The summed E-state index contributed by atoms with van der Waals surface area (Å²) in [5.41, 5.74) is 1.68. The van der Waals surface area contributed by atoms with Gasteiger partial charge in [-0.1, -0.05) is 12.1 Å². The zero-order valence-electron chi connectivity index (χ0n) is 21.8. The first kappa shape index (κ1) is 27.3. The van der Waals surface area contributed by atoms with Crippen LogP contribution >= 0.6 is 0 Å². The Kier molecular flexibility index (Phi) is 8.43. The van der Waals surface area contributed by atoms with E-state index in [1.54, 1.807) is 37.7 Å². The molecule has 0 saturated heterocycles. The standard InChI is InChI=1S/C27H33F2N5O4/c1-27(2,3)38-23(35)16-21(19-9-11-22(31-17-19)37-25(28)29)34-15-14-33(26(34)36)13-5-7-20-10-8-18-6-4-12-30-24(18)32-20/h8-11,14-15,17,21,25H,4-7,12-13,16H2,1-3H3,(H,30,32)/t21-/m0/s1. The van der Waals surface area contributed by atoms with Crippen LogP contribution in [0.1, 0.15) is 62.9 Å². The number of halogens is 2. The van der Waals surface area contributed by atoms with Crippen LogP contribution in [0.25, 0.3) is 0 Å². The predicted molar refractivity (Wildman–Crippen MR) is 138 cm³/mol. The van der Waals surface area contributed by atoms with Crippen LogP contribution in [0.2, 0.25) is 0 Å². The van der Waals surface area contributed by atoms with Gasteiger partial charge in [-0.05, 0) is 63.6 Å². The molecule has 0 bridgehead atoms. The Balaban J connectivity index is 1.49. The van der Waals surface area contributed by atoms with Crippen LogP contribution < -0.4 is 15.7 Å². The lowest BCUT2D eigenvalue weighted by Gasteiger charge is -2.23. The van der Waals surface area contributed by atoms with E-state index in [-0.39, 0.29) is 18.0 Å². The molecule has 38 heavy (non-hydrogen) atoms. The van der Waals surface area contributed by atoms with Gasteiger partial charge in [0.05, 0.1) is 12.5 Å². The Morgan fingerprint density at radius 2 is 2.00 bits per heavy atom. The molecule has 0 saturated carbocycles. The molecule has 0 amide bonds. The van der Waals surface area contributed by atoms with E-state index in [0.29, 0.717) is 24.9 Å². The molecule has 3 aromatic rings. The summed E-state index contributed by atoms with van der Waals surface area (Å²) in [7, 11) is 0. The number of fused-ring (bicyclic) bond motifs is 1. The second-order valence-corrected chi connectivity index (χ2v) is 10.2. The lowest BCUT2D eigenvalue weighted by Crippen LogP contribution is -2.31. The molecule has 1 N–H and O–H groups in total. The quantitative estimate of drug-likeness (QED) is 0.390. The number of esters is 1. The minimum Gasteiger partial charge on any atom is -0.460 e. The van der Waals surface area contributed by atoms with E-state index >= 15 is 0 Å². The van der Waals surface area contributed by atoms with E-state index in [1.165, 1.54) is 28.5 Å². The summed E-state index contributed by atoms with van der Waals surface area (Å²) in [5, 5.41) is 3.34. The number of rotatable bonds is 10. The van der Waals surface area contributed by atoms with E-state index in [9.17, 15) is 18.4 Å². The molecule has 0 unspecified atom stereocenters. The number of pyridine rings is 2. The monoisotopic (exact) mass is 529 g/mol. The van der Waals surface area contributed by atoms with Crippen molar-refractivity contribution < 1.29 is 23.0 Å². The van der Waals surface area contributed by atoms with Crippen LogP contribution in [0.5, 0.6) is 5.88 Å². The molecule has 0 fully saturated rings. The Labute approximate surface area is 219 Å². The van der Waals surface area contributed by atoms with Crippen molar-refractivity contribution in [2.24, 2.45) is 0 Å².